The predicted octanol–water partition coefficient (Wildman–Crippen LogP) is 1.42. The molecule has 0 aliphatic rings. The number of sulfonamides is 1. The summed E-state index contributed by atoms with van der Waals surface area (Å²) in [7, 11) is -3.46. The Hall–Kier alpha value is -1.22. The van der Waals surface area contributed by atoms with Crippen LogP contribution in [-0.2, 0) is 23.1 Å². The van der Waals surface area contributed by atoms with E-state index in [0.717, 1.165) is 4.88 Å². The number of thiophene rings is 1. The molecule has 2 rings (SSSR count). The second-order valence-electron chi connectivity index (χ2n) is 4.94. The lowest BCUT2D eigenvalue weighted by atomic mass is 10.4. The highest BCUT2D eigenvalue weighted by Gasteiger charge is 2.19. The fourth-order valence-corrected chi connectivity index (χ4v) is 4.21. The van der Waals surface area contributed by atoms with Gasteiger partial charge >= 0.3 is 0 Å². The average Bonchev–Trinajstić information content (AvgIpc) is 3.07. The minimum atomic E-state index is -3.46. The van der Waals surface area contributed by atoms with Gasteiger partial charge in [0.15, 0.2) is 0 Å². The average molecular weight is 328 g/mol. The van der Waals surface area contributed by atoms with Crippen LogP contribution in [0, 0.1) is 0 Å². The molecule has 2 N–H and O–H groups in total. The van der Waals surface area contributed by atoms with Gasteiger partial charge in [-0.3, -0.25) is 0 Å². The Bertz CT molecular complexity index is 648. The molecule has 0 fully saturated rings. The Labute approximate surface area is 129 Å². The van der Waals surface area contributed by atoms with Crippen LogP contribution in [0.4, 0.5) is 0 Å². The molecule has 2 aromatic rings. The molecule has 116 valence electrons. The number of hydrogen-bond donors (Lipinski definition) is 2. The maximum absolute atomic E-state index is 12.3. The maximum Gasteiger partial charge on any atom is 0.241 e. The second kappa shape index (κ2) is 7.17. The van der Waals surface area contributed by atoms with Gasteiger partial charge in [-0.1, -0.05) is 13.8 Å². The van der Waals surface area contributed by atoms with E-state index in [1.165, 1.54) is 11.3 Å². The maximum atomic E-state index is 12.3. The lowest BCUT2D eigenvalue weighted by Gasteiger charge is -2.10. The minimum absolute atomic E-state index is 0.317. The molecule has 0 aliphatic heterocycles. The number of aromatic nitrogens is 2. The van der Waals surface area contributed by atoms with Gasteiger partial charge in [0.2, 0.25) is 10.0 Å². The first kappa shape index (κ1) is 16.2. The normalized spacial score (nSPS) is 12.1. The van der Waals surface area contributed by atoms with E-state index in [1.54, 1.807) is 24.8 Å². The number of imidazole rings is 1. The van der Waals surface area contributed by atoms with E-state index in [2.05, 4.69) is 15.0 Å². The summed E-state index contributed by atoms with van der Waals surface area (Å²) in [6.45, 7) is 5.53. The molecule has 8 heteroatoms. The summed E-state index contributed by atoms with van der Waals surface area (Å²) >= 11 is 1.45. The van der Waals surface area contributed by atoms with Crippen LogP contribution in [0.2, 0.25) is 0 Å². The van der Waals surface area contributed by atoms with Crippen LogP contribution in [-0.4, -0.2) is 30.6 Å². The highest BCUT2D eigenvalue weighted by atomic mass is 32.2. The van der Waals surface area contributed by atoms with E-state index in [9.17, 15) is 8.42 Å². The van der Waals surface area contributed by atoms with Crippen molar-refractivity contribution >= 4 is 21.4 Å². The van der Waals surface area contributed by atoms with Gasteiger partial charge in [-0.15, -0.1) is 11.3 Å². The van der Waals surface area contributed by atoms with Crippen molar-refractivity contribution in [2.45, 2.75) is 37.9 Å². The van der Waals surface area contributed by atoms with Crippen molar-refractivity contribution in [3.63, 3.8) is 0 Å². The molecule has 0 aromatic carbocycles. The summed E-state index contributed by atoms with van der Waals surface area (Å²) in [5, 5.41) is 5.05. The molecule has 2 heterocycles. The summed E-state index contributed by atoms with van der Waals surface area (Å²) in [4.78, 5) is 5.12. The third kappa shape index (κ3) is 4.63. The van der Waals surface area contributed by atoms with Gasteiger partial charge in [-0.25, -0.2) is 18.1 Å². The highest BCUT2D eigenvalue weighted by Crippen LogP contribution is 2.21. The van der Waals surface area contributed by atoms with Crippen molar-refractivity contribution in [2.75, 3.05) is 6.54 Å². The number of hydrogen-bond acceptors (Lipinski definition) is 5. The van der Waals surface area contributed by atoms with Gasteiger partial charge in [-0.05, 0) is 11.4 Å². The smallest absolute Gasteiger partial charge is 0.241 e. The van der Waals surface area contributed by atoms with Gasteiger partial charge < -0.3 is 9.88 Å². The zero-order valence-corrected chi connectivity index (χ0v) is 13.7. The molecule has 6 nitrogen and oxygen atoms in total. The summed E-state index contributed by atoms with van der Waals surface area (Å²) in [5.41, 5.74) is 0. The van der Waals surface area contributed by atoms with Crippen molar-refractivity contribution < 1.29 is 8.42 Å². The van der Waals surface area contributed by atoms with E-state index < -0.39 is 10.0 Å². The Morgan fingerprint density at radius 1 is 1.43 bits per heavy atom. The molecule has 0 saturated heterocycles. The number of nitrogens with one attached hydrogen (secondary N) is 2. The summed E-state index contributed by atoms with van der Waals surface area (Å²) in [6.07, 6.45) is 5.14. The summed E-state index contributed by atoms with van der Waals surface area (Å²) in [5.74, 6) is 0. The minimum Gasteiger partial charge on any atom is -0.336 e. The molecule has 0 bridgehead atoms. The van der Waals surface area contributed by atoms with E-state index in [-0.39, 0.29) is 0 Å². The molecule has 21 heavy (non-hydrogen) atoms. The molecule has 2 aromatic heterocycles. The van der Waals surface area contributed by atoms with Crippen LogP contribution >= 0.6 is 11.3 Å². The number of nitrogens with zero attached hydrogens (tertiary/aromatic N) is 2. The predicted molar refractivity (Wildman–Crippen MR) is 83.7 cm³/mol. The van der Waals surface area contributed by atoms with Crippen LogP contribution < -0.4 is 10.0 Å². The van der Waals surface area contributed by atoms with E-state index in [4.69, 9.17) is 0 Å². The first-order valence-corrected chi connectivity index (χ1v) is 9.10. The lowest BCUT2D eigenvalue weighted by Crippen LogP contribution is -2.28. The van der Waals surface area contributed by atoms with Crippen LogP contribution in [0.5, 0.6) is 0 Å². The van der Waals surface area contributed by atoms with E-state index >= 15 is 0 Å². The van der Waals surface area contributed by atoms with Gasteiger partial charge in [0, 0.05) is 42.9 Å². The molecule has 0 unspecified atom stereocenters. The van der Waals surface area contributed by atoms with Crippen molar-refractivity contribution in [3.8, 4) is 0 Å². The lowest BCUT2D eigenvalue weighted by molar-refractivity contribution is 0.565. The fraction of sp³-hybridized carbons (Fsp3) is 0.462. The zero-order valence-electron chi connectivity index (χ0n) is 12.1. The molecule has 0 aliphatic carbocycles. The summed E-state index contributed by atoms with van der Waals surface area (Å²) < 4.78 is 29.1. The Balaban J connectivity index is 1.97. The highest BCUT2D eigenvalue weighted by molar-refractivity contribution is 7.89. The number of rotatable bonds is 8. The van der Waals surface area contributed by atoms with Crippen molar-refractivity contribution in [1.82, 2.24) is 19.6 Å². The van der Waals surface area contributed by atoms with Gasteiger partial charge in [-0.2, -0.15) is 0 Å². The zero-order chi connectivity index (χ0) is 15.3. The van der Waals surface area contributed by atoms with E-state index in [0.29, 0.717) is 30.6 Å². The molecule has 0 radical (unpaired) electrons. The Kier molecular flexibility index (Phi) is 5.51. The molecule has 0 spiro atoms. The first-order chi connectivity index (χ1) is 9.99. The third-order valence-corrected chi connectivity index (χ3v) is 5.48. The topological polar surface area (TPSA) is 76.0 Å². The van der Waals surface area contributed by atoms with Gasteiger partial charge in [0.1, 0.15) is 0 Å². The van der Waals surface area contributed by atoms with Crippen molar-refractivity contribution in [2.24, 2.45) is 0 Å². The molecular weight excluding hydrogens is 308 g/mol. The molecular formula is C13H20N4O2S2. The van der Waals surface area contributed by atoms with Gasteiger partial charge in [0.05, 0.1) is 11.2 Å². The largest absolute Gasteiger partial charge is 0.336 e. The van der Waals surface area contributed by atoms with Crippen LogP contribution in [0.1, 0.15) is 18.7 Å². The van der Waals surface area contributed by atoms with Crippen molar-refractivity contribution in [1.29, 1.82) is 0 Å². The standard InChI is InChI=1S/C13H20N4O2S2/c1-11(2)15-9-12-13(3-8-20-12)21(18,19)16-5-7-17-6-4-14-10-17/h3-4,6,8,10-11,15-16H,5,7,9H2,1-2H3. The van der Waals surface area contributed by atoms with Crippen molar-refractivity contribution in [3.05, 3.63) is 35.0 Å². The quantitative estimate of drug-likeness (QED) is 0.768. The van der Waals surface area contributed by atoms with E-state index in [1.807, 2.05) is 23.8 Å². The summed E-state index contributed by atoms with van der Waals surface area (Å²) in [6, 6.07) is 1.97. The fourth-order valence-electron chi connectivity index (χ4n) is 1.80. The van der Waals surface area contributed by atoms with Crippen LogP contribution in [0.15, 0.2) is 35.1 Å². The Morgan fingerprint density at radius 3 is 2.90 bits per heavy atom. The Morgan fingerprint density at radius 2 is 2.24 bits per heavy atom. The SMILES string of the molecule is CC(C)NCc1sccc1S(=O)(=O)NCCn1ccnc1. The first-order valence-electron chi connectivity index (χ1n) is 6.74. The van der Waals surface area contributed by atoms with Crippen LogP contribution in [0.25, 0.3) is 0 Å². The molecule has 0 atom stereocenters. The second-order valence-corrected chi connectivity index (χ2v) is 7.68. The van der Waals surface area contributed by atoms with Gasteiger partial charge in [0.25, 0.3) is 0 Å². The third-order valence-electron chi connectivity index (χ3n) is 2.89. The van der Waals surface area contributed by atoms with Crippen LogP contribution in [0.3, 0.4) is 0 Å². The molecule has 0 saturated carbocycles. The molecule has 0 amide bonds. The monoisotopic (exact) mass is 328 g/mol.